The van der Waals surface area contributed by atoms with Crippen molar-refractivity contribution in [2.45, 2.75) is 20.1 Å². The van der Waals surface area contributed by atoms with Crippen LogP contribution >= 0.6 is 15.9 Å². The summed E-state index contributed by atoms with van der Waals surface area (Å²) >= 11 is 3.53. The molecule has 4 rings (SSSR count). The maximum absolute atomic E-state index is 10.8. The number of fused-ring (bicyclic) bond motifs is 1. The first-order valence-corrected chi connectivity index (χ1v) is 11.3. The molecule has 9 nitrogen and oxygen atoms in total. The van der Waals surface area contributed by atoms with Crippen molar-refractivity contribution in [1.29, 1.82) is 0 Å². The van der Waals surface area contributed by atoms with Crippen molar-refractivity contribution in [3.63, 3.8) is 0 Å². The number of anilines is 1. The Morgan fingerprint density at radius 1 is 1.21 bits per heavy atom. The van der Waals surface area contributed by atoms with Gasteiger partial charge in [0.05, 0.1) is 33.8 Å². The third-order valence-corrected chi connectivity index (χ3v) is 5.72. The van der Waals surface area contributed by atoms with Gasteiger partial charge >= 0.3 is 0 Å². The summed E-state index contributed by atoms with van der Waals surface area (Å²) in [5.41, 5.74) is 6.59. The predicted octanol–water partition coefficient (Wildman–Crippen LogP) is 5.76. The number of nitrogens with zero attached hydrogens (tertiary/aromatic N) is 4. The molecule has 3 aromatic carbocycles. The van der Waals surface area contributed by atoms with Gasteiger partial charge in [0.1, 0.15) is 6.61 Å². The Labute approximate surface area is 204 Å². The van der Waals surface area contributed by atoms with Crippen LogP contribution in [0.2, 0.25) is 0 Å². The Morgan fingerprint density at radius 3 is 2.68 bits per heavy atom. The number of hydrogen-bond donors (Lipinski definition) is 1. The Hall–Kier alpha value is -3.92. The van der Waals surface area contributed by atoms with Gasteiger partial charge in [-0.25, -0.2) is 10.4 Å². The Balaban J connectivity index is 1.48. The minimum absolute atomic E-state index is 0.0364. The van der Waals surface area contributed by atoms with Gasteiger partial charge in [0.25, 0.3) is 5.69 Å². The molecule has 0 unspecified atom stereocenters. The van der Waals surface area contributed by atoms with Crippen molar-refractivity contribution in [1.82, 2.24) is 9.55 Å². The smallest absolute Gasteiger partial charge is 0.269 e. The fourth-order valence-electron chi connectivity index (χ4n) is 3.47. The number of nitro groups is 1. The molecule has 0 atom stereocenters. The van der Waals surface area contributed by atoms with Crippen LogP contribution in [-0.4, -0.2) is 27.8 Å². The first-order valence-electron chi connectivity index (χ1n) is 10.5. The first kappa shape index (κ1) is 23.2. The van der Waals surface area contributed by atoms with Gasteiger partial charge in [-0.15, -0.1) is 0 Å². The number of aryl methyl sites for hydroxylation is 1. The van der Waals surface area contributed by atoms with E-state index in [2.05, 4.69) is 42.9 Å². The fraction of sp³-hybridized carbons (Fsp3) is 0.167. The van der Waals surface area contributed by atoms with Crippen molar-refractivity contribution in [2.24, 2.45) is 5.10 Å². The predicted molar refractivity (Wildman–Crippen MR) is 135 cm³/mol. The lowest BCUT2D eigenvalue weighted by atomic mass is 10.2. The molecule has 174 valence electrons. The van der Waals surface area contributed by atoms with Gasteiger partial charge in [-0.2, -0.15) is 5.10 Å². The first-order chi connectivity index (χ1) is 16.5. The van der Waals surface area contributed by atoms with Crippen LogP contribution in [0.4, 0.5) is 11.6 Å². The number of hydrogen-bond acceptors (Lipinski definition) is 7. The average Bonchev–Trinajstić information content (AvgIpc) is 3.20. The number of hydrazone groups is 1. The molecule has 10 heteroatoms. The summed E-state index contributed by atoms with van der Waals surface area (Å²) in [4.78, 5) is 15.0. The van der Waals surface area contributed by atoms with Crippen molar-refractivity contribution < 1.29 is 14.4 Å². The molecular formula is C24H22BrN5O4. The van der Waals surface area contributed by atoms with E-state index in [4.69, 9.17) is 9.47 Å². The highest BCUT2D eigenvalue weighted by Gasteiger charge is 2.13. The van der Waals surface area contributed by atoms with Crippen molar-refractivity contribution >= 4 is 44.8 Å². The summed E-state index contributed by atoms with van der Waals surface area (Å²) in [7, 11) is 1.56. The number of rotatable bonds is 9. The van der Waals surface area contributed by atoms with E-state index in [9.17, 15) is 10.1 Å². The minimum atomic E-state index is -0.433. The molecule has 34 heavy (non-hydrogen) atoms. The van der Waals surface area contributed by atoms with Gasteiger partial charge in [0.15, 0.2) is 11.5 Å². The monoisotopic (exact) mass is 523 g/mol. The number of nitrogens with one attached hydrogen (secondary N) is 1. The number of nitro benzene ring substituents is 1. The van der Waals surface area contributed by atoms with Gasteiger partial charge in [-0.3, -0.25) is 10.1 Å². The number of methoxy groups -OCH3 is 1. The van der Waals surface area contributed by atoms with Gasteiger partial charge < -0.3 is 14.0 Å². The second-order valence-corrected chi connectivity index (χ2v) is 8.14. The number of non-ortho nitro benzene ring substituents is 1. The molecule has 0 saturated carbocycles. The summed E-state index contributed by atoms with van der Waals surface area (Å²) in [6, 6.07) is 17.8. The molecule has 1 N–H and O–H groups in total. The molecule has 4 aromatic rings. The highest BCUT2D eigenvalue weighted by atomic mass is 79.9. The number of benzene rings is 3. The van der Waals surface area contributed by atoms with E-state index >= 15 is 0 Å². The molecule has 0 aliphatic rings. The summed E-state index contributed by atoms with van der Waals surface area (Å²) in [5, 5.41) is 15.2. The normalized spacial score (nSPS) is 11.1. The lowest BCUT2D eigenvalue weighted by Gasteiger charge is -2.13. The van der Waals surface area contributed by atoms with E-state index in [1.54, 1.807) is 25.5 Å². The van der Waals surface area contributed by atoms with Gasteiger partial charge in [0, 0.05) is 18.7 Å². The molecular weight excluding hydrogens is 502 g/mol. The summed E-state index contributed by atoms with van der Waals surface area (Å²) < 4.78 is 14.2. The Bertz CT molecular complexity index is 1350. The zero-order chi connectivity index (χ0) is 24.1. The number of aromatic nitrogens is 2. The Morgan fingerprint density at radius 2 is 1.97 bits per heavy atom. The van der Waals surface area contributed by atoms with E-state index in [-0.39, 0.29) is 12.3 Å². The summed E-state index contributed by atoms with van der Waals surface area (Å²) in [5.74, 6) is 1.71. The fourth-order valence-corrected chi connectivity index (χ4v) is 4.04. The molecule has 1 heterocycles. The van der Waals surface area contributed by atoms with Crippen LogP contribution in [0.25, 0.3) is 11.0 Å². The van der Waals surface area contributed by atoms with E-state index in [1.165, 1.54) is 12.1 Å². The van der Waals surface area contributed by atoms with Gasteiger partial charge in [-0.05, 0) is 70.4 Å². The maximum atomic E-state index is 10.8. The van der Waals surface area contributed by atoms with Crippen LogP contribution < -0.4 is 14.9 Å². The molecule has 0 spiro atoms. The summed E-state index contributed by atoms with van der Waals surface area (Å²) in [6.45, 7) is 3.05. The van der Waals surface area contributed by atoms with Crippen LogP contribution in [0, 0.1) is 10.1 Å². The molecule has 0 aliphatic heterocycles. The highest BCUT2D eigenvalue weighted by Crippen LogP contribution is 2.37. The lowest BCUT2D eigenvalue weighted by Crippen LogP contribution is -2.02. The van der Waals surface area contributed by atoms with Crippen LogP contribution in [0.3, 0.4) is 0 Å². The molecule has 0 amide bonds. The van der Waals surface area contributed by atoms with Crippen molar-refractivity contribution in [3.8, 4) is 11.5 Å². The molecule has 1 aromatic heterocycles. The van der Waals surface area contributed by atoms with Crippen LogP contribution in [0.1, 0.15) is 18.1 Å². The molecule has 0 aliphatic carbocycles. The quantitative estimate of drug-likeness (QED) is 0.170. The second-order valence-electron chi connectivity index (χ2n) is 7.28. The third kappa shape index (κ3) is 5.01. The highest BCUT2D eigenvalue weighted by molar-refractivity contribution is 9.10. The minimum Gasteiger partial charge on any atom is -0.493 e. The van der Waals surface area contributed by atoms with E-state index in [0.717, 1.165) is 28.7 Å². The average molecular weight is 524 g/mol. The van der Waals surface area contributed by atoms with E-state index in [1.807, 2.05) is 36.4 Å². The molecule has 0 fully saturated rings. The largest absolute Gasteiger partial charge is 0.493 e. The standard InChI is InChI=1S/C24H22BrN5O4/c1-3-29-21-7-5-4-6-20(21)27-24(29)28-26-14-17-12-19(25)23(22(13-17)33-2)34-15-16-8-10-18(11-9-16)30(31)32/h4-14H,3,15H2,1-2H3,(H,27,28)/b26-14-. The van der Waals surface area contributed by atoms with Crippen LogP contribution in [0.15, 0.2) is 70.2 Å². The Kier molecular flexibility index (Phi) is 7.07. The molecule has 0 saturated heterocycles. The van der Waals surface area contributed by atoms with E-state index in [0.29, 0.717) is 21.9 Å². The zero-order valence-corrected chi connectivity index (χ0v) is 20.2. The second kappa shape index (κ2) is 10.3. The SMILES string of the molecule is CCn1c(N/N=C\c2cc(Br)c(OCc3ccc([N+](=O)[O-])cc3)c(OC)c2)nc2ccccc21. The van der Waals surface area contributed by atoms with Crippen LogP contribution in [-0.2, 0) is 13.2 Å². The van der Waals surface area contributed by atoms with Gasteiger partial charge in [0.2, 0.25) is 5.95 Å². The number of imidazole rings is 1. The third-order valence-electron chi connectivity index (χ3n) is 5.13. The number of ether oxygens (including phenoxy) is 2. The zero-order valence-electron chi connectivity index (χ0n) is 18.6. The van der Waals surface area contributed by atoms with Crippen molar-refractivity contribution in [3.05, 3.63) is 86.4 Å². The number of para-hydroxylation sites is 2. The molecule has 0 radical (unpaired) electrons. The topological polar surface area (TPSA) is 104 Å². The van der Waals surface area contributed by atoms with Gasteiger partial charge in [-0.1, -0.05) is 12.1 Å². The number of halogens is 1. The van der Waals surface area contributed by atoms with E-state index < -0.39 is 4.92 Å². The molecule has 0 bridgehead atoms. The van der Waals surface area contributed by atoms with Crippen molar-refractivity contribution in [2.75, 3.05) is 12.5 Å². The van der Waals surface area contributed by atoms with Crippen LogP contribution in [0.5, 0.6) is 11.5 Å². The maximum Gasteiger partial charge on any atom is 0.269 e. The summed E-state index contributed by atoms with van der Waals surface area (Å²) in [6.07, 6.45) is 1.67. The lowest BCUT2D eigenvalue weighted by molar-refractivity contribution is -0.384.